The summed E-state index contributed by atoms with van der Waals surface area (Å²) in [6.45, 7) is -2.73. The van der Waals surface area contributed by atoms with Gasteiger partial charge in [-0.15, -0.1) is 5.10 Å². The number of aromatic nitrogens is 4. The van der Waals surface area contributed by atoms with Gasteiger partial charge in [0.05, 0.1) is 31.6 Å². The maximum Gasteiger partial charge on any atom is 0.424 e. The number of hydrogen-bond acceptors (Lipinski definition) is 8. The van der Waals surface area contributed by atoms with Crippen LogP contribution < -0.4 is 19.5 Å². The van der Waals surface area contributed by atoms with E-state index in [0.717, 1.165) is 49.5 Å². The number of halogens is 7. The minimum Gasteiger partial charge on any atom is -0.493 e. The third kappa shape index (κ3) is 5.57. The normalized spacial score (nSPS) is 19.0. The number of benzene rings is 2. The molecule has 2 aliphatic rings. The number of nitrogens with one attached hydrogen (secondary N) is 1. The van der Waals surface area contributed by atoms with Crippen LogP contribution in [0.3, 0.4) is 0 Å². The Bertz CT molecular complexity index is 1800. The van der Waals surface area contributed by atoms with Crippen LogP contribution in [0, 0.1) is 5.82 Å². The summed E-state index contributed by atoms with van der Waals surface area (Å²) >= 11 is 0. The maximum atomic E-state index is 14.9. The van der Waals surface area contributed by atoms with Crippen molar-refractivity contribution in [2.45, 2.75) is 42.4 Å². The highest BCUT2D eigenvalue weighted by Gasteiger charge is 2.65. The van der Waals surface area contributed by atoms with Crippen LogP contribution in [0.2, 0.25) is 0 Å². The van der Waals surface area contributed by atoms with Crippen molar-refractivity contribution in [2.24, 2.45) is 0 Å². The number of amides is 1. The molecule has 17 heteroatoms. The van der Waals surface area contributed by atoms with Crippen molar-refractivity contribution >= 4 is 5.91 Å². The van der Waals surface area contributed by atoms with Crippen LogP contribution in [0.25, 0.3) is 11.3 Å². The van der Waals surface area contributed by atoms with E-state index in [4.69, 9.17) is 14.2 Å². The van der Waals surface area contributed by atoms with Crippen molar-refractivity contribution in [3.63, 3.8) is 0 Å². The zero-order valence-corrected chi connectivity index (χ0v) is 24.2. The quantitative estimate of drug-likeness (QED) is 0.242. The van der Waals surface area contributed by atoms with Gasteiger partial charge in [0.25, 0.3) is 5.91 Å². The van der Waals surface area contributed by atoms with Gasteiger partial charge in [0.2, 0.25) is 11.1 Å². The number of carbonyl (C=O) groups excluding carboxylic acids is 1. The Morgan fingerprint density at radius 2 is 1.81 bits per heavy atom. The van der Waals surface area contributed by atoms with Crippen molar-refractivity contribution in [1.82, 2.24) is 25.3 Å². The molecule has 2 aromatic carbocycles. The summed E-state index contributed by atoms with van der Waals surface area (Å²) in [5.41, 5.74) is -10.2. The van der Waals surface area contributed by atoms with Crippen LogP contribution in [0.5, 0.6) is 17.2 Å². The number of fused-ring (bicyclic) bond motifs is 1. The molecule has 4 aromatic rings. The van der Waals surface area contributed by atoms with Gasteiger partial charge in [-0.1, -0.05) is 5.21 Å². The summed E-state index contributed by atoms with van der Waals surface area (Å²) in [7, 11) is 1.31. The van der Waals surface area contributed by atoms with Crippen LogP contribution in [-0.2, 0) is 11.1 Å². The number of methoxy groups -OCH3 is 1. The molecule has 1 amide bonds. The molecule has 6 rings (SSSR count). The smallest absolute Gasteiger partial charge is 0.424 e. The Balaban J connectivity index is 1.45. The molecule has 1 aliphatic heterocycles. The minimum atomic E-state index is -5.59. The largest absolute Gasteiger partial charge is 0.493 e. The number of aliphatic hydroxyl groups is 1. The topological polar surface area (TPSA) is 121 Å². The summed E-state index contributed by atoms with van der Waals surface area (Å²) in [5.74, 6) is -1.93. The molecule has 47 heavy (non-hydrogen) atoms. The molecule has 1 saturated carbocycles. The lowest BCUT2D eigenvalue weighted by Crippen LogP contribution is -2.52. The Labute approximate surface area is 261 Å². The number of rotatable bonds is 9. The Kier molecular flexibility index (Phi) is 7.77. The molecule has 1 unspecified atom stereocenters. The van der Waals surface area contributed by atoms with E-state index in [-0.39, 0.29) is 23.0 Å². The molecule has 2 N–H and O–H groups in total. The van der Waals surface area contributed by atoms with Crippen molar-refractivity contribution in [3.05, 3.63) is 83.6 Å². The van der Waals surface area contributed by atoms with Crippen LogP contribution in [-0.4, -0.2) is 69.7 Å². The Hall–Kier alpha value is -4.93. The van der Waals surface area contributed by atoms with E-state index in [2.05, 4.69) is 15.3 Å². The zero-order chi connectivity index (χ0) is 33.8. The zero-order valence-electron chi connectivity index (χ0n) is 24.2. The fraction of sp³-hybridized carbons (Fsp3) is 0.333. The second kappa shape index (κ2) is 11.4. The SMILES string of the molecule is COc1cc(C(=O)NCC(O)(c2cc3c(c(-c4ccc(F)cc4)n2)OC[C@@]3(n2ccnn2)C(F)(F)F)C(F)(F)F)ccc1OC1CC1. The van der Waals surface area contributed by atoms with Gasteiger partial charge in [0, 0.05) is 22.9 Å². The van der Waals surface area contributed by atoms with Gasteiger partial charge in [-0.2, -0.15) is 26.3 Å². The molecule has 0 spiro atoms. The molecular formula is C30H24F7N5O5. The summed E-state index contributed by atoms with van der Waals surface area (Å²) in [6.07, 6.45) is -7.37. The number of pyridine rings is 1. The highest BCUT2D eigenvalue weighted by molar-refractivity contribution is 5.95. The average Bonchev–Trinajstić information content (AvgIpc) is 3.49. The minimum absolute atomic E-state index is 0.0176. The summed E-state index contributed by atoms with van der Waals surface area (Å²) < 4.78 is 120. The lowest BCUT2D eigenvalue weighted by atomic mass is 9.87. The van der Waals surface area contributed by atoms with Gasteiger partial charge < -0.3 is 24.6 Å². The molecule has 0 saturated heterocycles. The van der Waals surface area contributed by atoms with Gasteiger partial charge >= 0.3 is 12.4 Å². The lowest BCUT2D eigenvalue weighted by molar-refractivity contribution is -0.265. The molecule has 248 valence electrons. The summed E-state index contributed by atoms with van der Waals surface area (Å²) in [6, 6.07) is 8.31. The predicted octanol–water partition coefficient (Wildman–Crippen LogP) is 4.91. The van der Waals surface area contributed by atoms with E-state index < -0.39 is 71.1 Å². The van der Waals surface area contributed by atoms with Crippen molar-refractivity contribution < 1.29 is 54.8 Å². The third-order valence-corrected chi connectivity index (χ3v) is 7.89. The van der Waals surface area contributed by atoms with E-state index in [9.17, 15) is 40.6 Å². The van der Waals surface area contributed by atoms with E-state index >= 15 is 0 Å². The van der Waals surface area contributed by atoms with Gasteiger partial charge in [-0.25, -0.2) is 14.1 Å². The van der Waals surface area contributed by atoms with Gasteiger partial charge in [0.15, 0.2) is 17.2 Å². The average molecular weight is 668 g/mol. The standard InChI is InChI=1S/C30H24F7N5O5/c1-45-22-12-17(4-9-21(22)47-19-7-8-19)26(43)38-14-28(44,30(35,36)37)23-13-20-25(24(40-23)16-2-5-18(31)6-3-16)46-15-27(20,29(32,33)34)42-11-10-39-41-42/h2-6,9-13,19,44H,7-8,14-15H2,1H3,(H,38,43)/t27-,28?/m0/s1. The fourth-order valence-corrected chi connectivity index (χ4v) is 5.14. The molecule has 1 fully saturated rings. The Morgan fingerprint density at radius 3 is 2.40 bits per heavy atom. The molecular weight excluding hydrogens is 643 g/mol. The number of nitrogens with zero attached hydrogens (tertiary/aromatic N) is 4. The number of carbonyl (C=O) groups is 1. The lowest BCUT2D eigenvalue weighted by Gasteiger charge is -2.33. The van der Waals surface area contributed by atoms with Gasteiger partial charge in [0.1, 0.15) is 18.1 Å². The fourth-order valence-electron chi connectivity index (χ4n) is 5.14. The molecule has 2 atom stereocenters. The van der Waals surface area contributed by atoms with E-state index in [1.165, 1.54) is 25.3 Å². The van der Waals surface area contributed by atoms with Crippen molar-refractivity contribution in [3.8, 4) is 28.5 Å². The number of hydrogen-bond donors (Lipinski definition) is 2. The molecule has 1 aliphatic carbocycles. The first-order chi connectivity index (χ1) is 22.2. The first kappa shape index (κ1) is 32.0. The van der Waals surface area contributed by atoms with E-state index in [1.54, 1.807) is 0 Å². The number of ether oxygens (including phenoxy) is 3. The molecule has 3 heterocycles. The monoisotopic (exact) mass is 667 g/mol. The highest BCUT2D eigenvalue weighted by Crippen LogP contribution is 2.53. The van der Waals surface area contributed by atoms with Gasteiger partial charge in [-0.3, -0.25) is 4.79 Å². The number of alkyl halides is 6. The van der Waals surface area contributed by atoms with Crippen LogP contribution in [0.4, 0.5) is 30.7 Å². The highest BCUT2D eigenvalue weighted by atomic mass is 19.4. The van der Waals surface area contributed by atoms with Crippen LogP contribution in [0.15, 0.2) is 60.9 Å². The first-order valence-corrected chi connectivity index (χ1v) is 14.0. The van der Waals surface area contributed by atoms with Crippen LogP contribution >= 0.6 is 0 Å². The second-order valence-electron chi connectivity index (χ2n) is 11.0. The van der Waals surface area contributed by atoms with Gasteiger partial charge in [-0.05, 0) is 61.4 Å². The maximum absolute atomic E-state index is 14.9. The van der Waals surface area contributed by atoms with Crippen molar-refractivity contribution in [1.29, 1.82) is 0 Å². The molecule has 0 bridgehead atoms. The molecule has 10 nitrogen and oxygen atoms in total. The molecule has 0 radical (unpaired) electrons. The van der Waals surface area contributed by atoms with Crippen molar-refractivity contribution in [2.75, 3.05) is 20.3 Å². The summed E-state index contributed by atoms with van der Waals surface area (Å²) in [5, 5.41) is 20.1. The van der Waals surface area contributed by atoms with Crippen LogP contribution in [0.1, 0.15) is 34.5 Å². The predicted molar refractivity (Wildman–Crippen MR) is 147 cm³/mol. The molecule has 2 aromatic heterocycles. The summed E-state index contributed by atoms with van der Waals surface area (Å²) in [4.78, 5) is 16.9. The van der Waals surface area contributed by atoms with E-state index in [0.29, 0.717) is 16.5 Å². The first-order valence-electron chi connectivity index (χ1n) is 14.0. The second-order valence-corrected chi connectivity index (χ2v) is 11.0. The third-order valence-electron chi connectivity index (χ3n) is 7.89. The van der Waals surface area contributed by atoms with E-state index in [1.807, 2.05) is 5.32 Å². The Morgan fingerprint density at radius 1 is 1.09 bits per heavy atom.